The van der Waals surface area contributed by atoms with Crippen LogP contribution in [0.2, 0.25) is 0 Å². The molecule has 0 fully saturated rings. The zero-order valence-corrected chi connectivity index (χ0v) is 18.6. The number of rotatable bonds is 5. The Morgan fingerprint density at radius 3 is 2.34 bits per heavy atom. The van der Waals surface area contributed by atoms with Gasteiger partial charge in [0, 0.05) is 23.2 Å². The number of pyridine rings is 1. The average Bonchev–Trinajstić information content (AvgIpc) is 3.17. The van der Waals surface area contributed by atoms with E-state index in [0.29, 0.717) is 16.6 Å². The van der Waals surface area contributed by atoms with Gasteiger partial charge in [-0.1, -0.05) is 24.3 Å². The van der Waals surface area contributed by atoms with Gasteiger partial charge in [-0.25, -0.2) is 26.2 Å². The molecule has 0 amide bonds. The first-order valence-electron chi connectivity index (χ1n) is 9.93. The van der Waals surface area contributed by atoms with E-state index in [2.05, 4.69) is 10.1 Å². The van der Waals surface area contributed by atoms with Crippen molar-refractivity contribution in [3.63, 3.8) is 0 Å². The van der Waals surface area contributed by atoms with Crippen LogP contribution in [-0.4, -0.2) is 28.7 Å². The van der Waals surface area contributed by atoms with Crippen molar-refractivity contribution in [3.8, 4) is 5.69 Å². The third-order valence-electron chi connectivity index (χ3n) is 4.88. The van der Waals surface area contributed by atoms with Crippen molar-refractivity contribution in [3.05, 3.63) is 78.6 Å². The lowest BCUT2D eigenvalue weighted by molar-refractivity contribution is 0.145. The lowest BCUT2D eigenvalue weighted by Gasteiger charge is -2.36. The van der Waals surface area contributed by atoms with Gasteiger partial charge in [-0.2, -0.15) is 5.10 Å². The molecular weight excluding hydrogens is 434 g/mol. The fourth-order valence-electron chi connectivity index (χ4n) is 3.61. The number of benzene rings is 2. The van der Waals surface area contributed by atoms with Crippen molar-refractivity contribution in [2.75, 3.05) is 4.31 Å². The minimum absolute atomic E-state index is 0.0213. The van der Waals surface area contributed by atoms with Crippen LogP contribution in [0.3, 0.4) is 0 Å². The predicted octanol–water partition coefficient (Wildman–Crippen LogP) is 5.35. The third kappa shape index (κ3) is 3.84. The molecule has 0 N–H and O–H groups in total. The molecule has 2 heterocycles. The number of aromatic nitrogens is 3. The number of alkyl halides is 2. The Bertz CT molecular complexity index is 1360. The van der Waals surface area contributed by atoms with Gasteiger partial charge < -0.3 is 0 Å². The highest BCUT2D eigenvalue weighted by molar-refractivity contribution is 7.92. The number of fused-ring (bicyclic) bond motifs is 1. The SMILES string of the molecule is CC(C)(C)N(c1cc(C(F)F)nn1-c1cccc2ncccc12)S(=O)(=O)c1ccccc1. The highest BCUT2D eigenvalue weighted by Gasteiger charge is 2.38. The minimum Gasteiger partial charge on any atom is -0.256 e. The zero-order chi connectivity index (χ0) is 23.1. The first kappa shape index (κ1) is 21.9. The molecule has 0 atom stereocenters. The summed E-state index contributed by atoms with van der Waals surface area (Å²) in [5.74, 6) is 0.0213. The summed E-state index contributed by atoms with van der Waals surface area (Å²) < 4.78 is 57.2. The molecule has 6 nitrogen and oxygen atoms in total. The number of nitrogens with zero attached hydrogens (tertiary/aromatic N) is 4. The monoisotopic (exact) mass is 456 g/mol. The van der Waals surface area contributed by atoms with Gasteiger partial charge in [-0.15, -0.1) is 0 Å². The second-order valence-electron chi connectivity index (χ2n) is 8.24. The molecule has 0 aliphatic carbocycles. The second-order valence-corrected chi connectivity index (χ2v) is 10.0. The molecule has 4 rings (SSSR count). The summed E-state index contributed by atoms with van der Waals surface area (Å²) in [6.07, 6.45) is -1.24. The van der Waals surface area contributed by atoms with Crippen molar-refractivity contribution < 1.29 is 17.2 Å². The molecule has 0 aliphatic heterocycles. The van der Waals surface area contributed by atoms with E-state index in [1.165, 1.54) is 16.8 Å². The lowest BCUT2D eigenvalue weighted by Crippen LogP contribution is -2.46. The molecular formula is C23H22F2N4O2S. The Balaban J connectivity index is 2.03. The van der Waals surface area contributed by atoms with E-state index in [9.17, 15) is 17.2 Å². The van der Waals surface area contributed by atoms with Gasteiger partial charge in [0.25, 0.3) is 16.4 Å². The van der Waals surface area contributed by atoms with E-state index in [1.54, 1.807) is 75.5 Å². The summed E-state index contributed by atoms with van der Waals surface area (Å²) in [5, 5.41) is 4.76. The van der Waals surface area contributed by atoms with E-state index >= 15 is 0 Å². The molecule has 0 radical (unpaired) electrons. The molecule has 0 bridgehead atoms. The molecule has 2 aromatic heterocycles. The topological polar surface area (TPSA) is 68.1 Å². The molecule has 166 valence electrons. The van der Waals surface area contributed by atoms with E-state index < -0.39 is 27.7 Å². The normalized spacial score (nSPS) is 12.4. The Morgan fingerprint density at radius 1 is 0.969 bits per heavy atom. The summed E-state index contributed by atoms with van der Waals surface area (Å²) in [4.78, 5) is 4.36. The molecule has 0 aliphatic rings. The summed E-state index contributed by atoms with van der Waals surface area (Å²) in [6.45, 7) is 5.12. The van der Waals surface area contributed by atoms with Crippen LogP contribution >= 0.6 is 0 Å². The van der Waals surface area contributed by atoms with Gasteiger partial charge in [0.2, 0.25) is 0 Å². The van der Waals surface area contributed by atoms with Crippen molar-refractivity contribution >= 4 is 26.7 Å². The number of halogens is 2. The molecule has 9 heteroatoms. The standard InChI is InChI=1S/C23H22F2N4O2S/c1-23(2,3)29(32(30,31)16-9-5-4-6-10-16)21-15-19(22(24)25)27-28(21)20-13-7-12-18-17(20)11-8-14-26-18/h4-15,22H,1-3H3. The van der Waals surface area contributed by atoms with E-state index in [1.807, 2.05) is 0 Å². The van der Waals surface area contributed by atoms with Crippen LogP contribution < -0.4 is 4.31 Å². The largest absolute Gasteiger partial charge is 0.282 e. The van der Waals surface area contributed by atoms with Gasteiger partial charge in [-0.05, 0) is 57.2 Å². The zero-order valence-electron chi connectivity index (χ0n) is 17.8. The van der Waals surface area contributed by atoms with E-state index in [0.717, 1.165) is 10.4 Å². The summed E-state index contributed by atoms with van der Waals surface area (Å²) in [7, 11) is -4.10. The highest BCUT2D eigenvalue weighted by atomic mass is 32.2. The Labute approximate surface area is 185 Å². The van der Waals surface area contributed by atoms with Crippen molar-refractivity contribution in [1.29, 1.82) is 0 Å². The smallest absolute Gasteiger partial charge is 0.256 e. The van der Waals surface area contributed by atoms with Crippen LogP contribution in [0.1, 0.15) is 32.9 Å². The van der Waals surface area contributed by atoms with Crippen molar-refractivity contribution in [2.45, 2.75) is 37.6 Å². The lowest BCUT2D eigenvalue weighted by atomic mass is 10.1. The number of hydrogen-bond acceptors (Lipinski definition) is 4. The van der Waals surface area contributed by atoms with Gasteiger partial charge in [-0.3, -0.25) is 4.98 Å². The van der Waals surface area contributed by atoms with Crippen LogP contribution in [0.25, 0.3) is 16.6 Å². The van der Waals surface area contributed by atoms with Crippen molar-refractivity contribution in [2.24, 2.45) is 0 Å². The fourth-order valence-corrected chi connectivity index (χ4v) is 5.42. The van der Waals surface area contributed by atoms with Crippen LogP contribution in [0.5, 0.6) is 0 Å². The predicted molar refractivity (Wildman–Crippen MR) is 120 cm³/mol. The maximum atomic E-state index is 13.7. The maximum Gasteiger partial charge on any atom is 0.282 e. The maximum absolute atomic E-state index is 13.7. The van der Waals surface area contributed by atoms with Gasteiger partial charge >= 0.3 is 0 Å². The fraction of sp³-hybridized carbons (Fsp3) is 0.217. The third-order valence-corrected chi connectivity index (χ3v) is 6.97. The molecule has 0 saturated carbocycles. The first-order chi connectivity index (χ1) is 15.1. The Hall–Kier alpha value is -3.33. The van der Waals surface area contributed by atoms with Crippen molar-refractivity contribution in [1.82, 2.24) is 14.8 Å². The Kier molecular flexibility index (Phi) is 5.46. The molecule has 32 heavy (non-hydrogen) atoms. The molecule has 4 aromatic rings. The van der Waals surface area contributed by atoms with E-state index in [4.69, 9.17) is 0 Å². The van der Waals surface area contributed by atoms with Crippen LogP contribution in [-0.2, 0) is 10.0 Å². The molecule has 0 saturated heterocycles. The number of anilines is 1. The summed E-state index contributed by atoms with van der Waals surface area (Å²) in [5.41, 5.74) is -0.402. The molecule has 0 spiro atoms. The van der Waals surface area contributed by atoms with Crippen LogP contribution in [0.15, 0.2) is 77.8 Å². The summed E-state index contributed by atoms with van der Waals surface area (Å²) in [6, 6.07) is 17.8. The molecule has 2 aromatic carbocycles. The van der Waals surface area contributed by atoms with E-state index in [-0.39, 0.29) is 10.7 Å². The van der Waals surface area contributed by atoms with Gasteiger partial charge in [0.1, 0.15) is 11.5 Å². The van der Waals surface area contributed by atoms with Gasteiger partial charge in [0.05, 0.1) is 16.1 Å². The van der Waals surface area contributed by atoms with Crippen LogP contribution in [0, 0.1) is 0 Å². The highest BCUT2D eigenvalue weighted by Crippen LogP contribution is 2.36. The first-order valence-corrected chi connectivity index (χ1v) is 11.4. The Morgan fingerprint density at radius 2 is 1.69 bits per heavy atom. The van der Waals surface area contributed by atoms with Gasteiger partial charge in [0.15, 0.2) is 0 Å². The van der Waals surface area contributed by atoms with Crippen LogP contribution in [0.4, 0.5) is 14.6 Å². The molecule has 0 unspecified atom stereocenters. The minimum atomic E-state index is -4.10. The number of hydrogen-bond donors (Lipinski definition) is 0. The average molecular weight is 457 g/mol. The quantitative estimate of drug-likeness (QED) is 0.406. The second kappa shape index (κ2) is 7.98. The number of sulfonamides is 1. The summed E-state index contributed by atoms with van der Waals surface area (Å²) >= 11 is 0.